The Bertz CT molecular complexity index is 441. The predicted molar refractivity (Wildman–Crippen MR) is 66.2 cm³/mol. The molecule has 0 atom stereocenters. The Morgan fingerprint density at radius 1 is 1.29 bits per heavy atom. The van der Waals surface area contributed by atoms with E-state index in [1.165, 1.54) is 0 Å². The van der Waals surface area contributed by atoms with Crippen LogP contribution in [0.25, 0.3) is 0 Å². The van der Waals surface area contributed by atoms with Crippen LogP contribution in [-0.4, -0.2) is 19.0 Å². The van der Waals surface area contributed by atoms with Crippen molar-refractivity contribution in [3.63, 3.8) is 0 Å². The zero-order valence-electron chi connectivity index (χ0n) is 9.96. The van der Waals surface area contributed by atoms with E-state index >= 15 is 0 Å². The Balaban J connectivity index is 2.31. The molecule has 0 N–H and O–H groups in total. The van der Waals surface area contributed by atoms with Crippen molar-refractivity contribution in [2.75, 3.05) is 13.2 Å². The average molecular weight is 255 g/mol. The number of halogens is 1. The predicted octanol–water partition coefficient (Wildman–Crippen LogP) is 3.34. The largest absolute Gasteiger partial charge is 0.486 e. The Morgan fingerprint density at radius 2 is 1.88 bits per heavy atom. The highest BCUT2D eigenvalue weighted by Crippen LogP contribution is 2.36. The van der Waals surface area contributed by atoms with Gasteiger partial charge in [0.1, 0.15) is 13.2 Å². The highest BCUT2D eigenvalue weighted by Gasteiger charge is 2.19. The quantitative estimate of drug-likeness (QED) is 0.776. The van der Waals surface area contributed by atoms with E-state index in [1.54, 1.807) is 12.1 Å². The highest BCUT2D eigenvalue weighted by atomic mass is 35.5. The molecule has 0 spiro atoms. The smallest absolute Gasteiger partial charge is 0.164 e. The Kier molecular flexibility index (Phi) is 3.57. The van der Waals surface area contributed by atoms with Gasteiger partial charge in [-0.1, -0.05) is 25.4 Å². The first kappa shape index (κ1) is 12.2. The SMILES string of the molecule is CC(C)CC(=O)c1cc2c(cc1Cl)OCCO2. The van der Waals surface area contributed by atoms with Crippen LogP contribution < -0.4 is 9.47 Å². The van der Waals surface area contributed by atoms with Gasteiger partial charge >= 0.3 is 0 Å². The van der Waals surface area contributed by atoms with Crippen LogP contribution in [0.2, 0.25) is 5.02 Å². The highest BCUT2D eigenvalue weighted by molar-refractivity contribution is 6.34. The molecular weight excluding hydrogens is 240 g/mol. The number of hydrogen-bond acceptors (Lipinski definition) is 3. The zero-order valence-corrected chi connectivity index (χ0v) is 10.7. The van der Waals surface area contributed by atoms with Gasteiger partial charge < -0.3 is 9.47 Å². The fourth-order valence-corrected chi connectivity index (χ4v) is 2.02. The lowest BCUT2D eigenvalue weighted by Crippen LogP contribution is -2.16. The molecule has 0 aliphatic carbocycles. The second-order valence-corrected chi connectivity index (χ2v) is 4.90. The van der Waals surface area contributed by atoms with Crippen LogP contribution in [0.1, 0.15) is 30.6 Å². The number of ether oxygens (including phenoxy) is 2. The van der Waals surface area contributed by atoms with Crippen LogP contribution >= 0.6 is 11.6 Å². The van der Waals surface area contributed by atoms with Crippen LogP contribution in [0.3, 0.4) is 0 Å². The van der Waals surface area contributed by atoms with E-state index < -0.39 is 0 Å². The van der Waals surface area contributed by atoms with Crippen LogP contribution in [0.15, 0.2) is 12.1 Å². The maximum atomic E-state index is 12.0. The van der Waals surface area contributed by atoms with Gasteiger partial charge in [-0.25, -0.2) is 0 Å². The van der Waals surface area contributed by atoms with E-state index in [1.807, 2.05) is 13.8 Å². The number of rotatable bonds is 3. The lowest BCUT2D eigenvalue weighted by molar-refractivity contribution is 0.0966. The number of Topliss-reactive ketones (excluding diaryl/α,β-unsaturated/α-hetero) is 1. The van der Waals surface area contributed by atoms with E-state index in [-0.39, 0.29) is 5.78 Å². The number of carbonyl (C=O) groups is 1. The molecule has 92 valence electrons. The molecule has 0 fully saturated rings. The normalized spacial score (nSPS) is 13.9. The lowest BCUT2D eigenvalue weighted by Gasteiger charge is -2.19. The van der Waals surface area contributed by atoms with Gasteiger partial charge in [0.25, 0.3) is 0 Å². The monoisotopic (exact) mass is 254 g/mol. The Labute approximate surface area is 106 Å². The van der Waals surface area contributed by atoms with Gasteiger partial charge in [-0.05, 0) is 12.0 Å². The molecule has 3 nitrogen and oxygen atoms in total. The van der Waals surface area contributed by atoms with Crippen LogP contribution in [0, 0.1) is 5.92 Å². The molecule has 0 bridgehead atoms. The maximum absolute atomic E-state index is 12.0. The van der Waals surface area contributed by atoms with E-state index in [9.17, 15) is 4.79 Å². The molecule has 0 aromatic heterocycles. The van der Waals surface area contributed by atoms with E-state index in [0.717, 1.165) is 0 Å². The number of hydrogen-bond donors (Lipinski definition) is 0. The van der Waals surface area contributed by atoms with Gasteiger partial charge in [0, 0.05) is 18.1 Å². The summed E-state index contributed by atoms with van der Waals surface area (Å²) in [6, 6.07) is 3.34. The van der Waals surface area contributed by atoms with Crippen molar-refractivity contribution < 1.29 is 14.3 Å². The summed E-state index contributed by atoms with van der Waals surface area (Å²) in [5, 5.41) is 0.430. The third-order valence-corrected chi connectivity index (χ3v) is 2.84. The number of carbonyl (C=O) groups excluding carboxylic acids is 1. The Hall–Kier alpha value is -1.22. The third-order valence-electron chi connectivity index (χ3n) is 2.53. The molecule has 17 heavy (non-hydrogen) atoms. The van der Waals surface area contributed by atoms with Gasteiger partial charge in [0.05, 0.1) is 5.02 Å². The first-order valence-corrected chi connectivity index (χ1v) is 6.08. The molecule has 0 unspecified atom stereocenters. The molecule has 1 aliphatic heterocycles. The van der Waals surface area contributed by atoms with Crippen LogP contribution in [0.4, 0.5) is 0 Å². The molecule has 1 aromatic carbocycles. The van der Waals surface area contributed by atoms with Crippen molar-refractivity contribution in [1.82, 2.24) is 0 Å². The third kappa shape index (κ3) is 2.72. The minimum absolute atomic E-state index is 0.0435. The summed E-state index contributed by atoms with van der Waals surface area (Å²) in [6.45, 7) is 5.03. The number of ketones is 1. The average Bonchev–Trinajstić information content (AvgIpc) is 2.27. The zero-order chi connectivity index (χ0) is 12.4. The maximum Gasteiger partial charge on any atom is 0.164 e. The molecule has 1 heterocycles. The van der Waals surface area contributed by atoms with Crippen molar-refractivity contribution in [3.8, 4) is 11.5 Å². The van der Waals surface area contributed by atoms with Gasteiger partial charge in [-0.15, -0.1) is 0 Å². The topological polar surface area (TPSA) is 35.5 Å². The summed E-state index contributed by atoms with van der Waals surface area (Å²) < 4.78 is 10.8. The lowest BCUT2D eigenvalue weighted by atomic mass is 10.0. The van der Waals surface area contributed by atoms with Gasteiger partial charge in [0.15, 0.2) is 17.3 Å². The summed E-state index contributed by atoms with van der Waals surface area (Å²) in [6.07, 6.45) is 0.485. The minimum atomic E-state index is 0.0435. The van der Waals surface area contributed by atoms with E-state index in [4.69, 9.17) is 21.1 Å². The summed E-state index contributed by atoms with van der Waals surface area (Å²) in [7, 11) is 0. The molecule has 4 heteroatoms. The first-order chi connectivity index (χ1) is 8.08. The molecule has 0 saturated heterocycles. The summed E-state index contributed by atoms with van der Waals surface area (Å²) in [4.78, 5) is 12.0. The van der Waals surface area contributed by atoms with Crippen molar-refractivity contribution in [2.45, 2.75) is 20.3 Å². The van der Waals surface area contributed by atoms with Crippen molar-refractivity contribution >= 4 is 17.4 Å². The minimum Gasteiger partial charge on any atom is -0.486 e. The number of fused-ring (bicyclic) bond motifs is 1. The molecular formula is C13H15ClO3. The van der Waals surface area contributed by atoms with E-state index in [2.05, 4.69) is 0 Å². The summed E-state index contributed by atoms with van der Waals surface area (Å²) in [5.74, 6) is 1.57. The summed E-state index contributed by atoms with van der Waals surface area (Å²) >= 11 is 6.08. The molecule has 0 saturated carbocycles. The van der Waals surface area contributed by atoms with Crippen molar-refractivity contribution in [3.05, 3.63) is 22.7 Å². The van der Waals surface area contributed by atoms with Crippen LogP contribution in [0.5, 0.6) is 11.5 Å². The first-order valence-electron chi connectivity index (χ1n) is 5.70. The molecule has 1 aliphatic rings. The van der Waals surface area contributed by atoms with Gasteiger partial charge in [-0.2, -0.15) is 0 Å². The fraction of sp³-hybridized carbons (Fsp3) is 0.462. The summed E-state index contributed by atoms with van der Waals surface area (Å²) in [5.41, 5.74) is 0.518. The van der Waals surface area contributed by atoms with Gasteiger partial charge in [-0.3, -0.25) is 4.79 Å². The van der Waals surface area contributed by atoms with Crippen LogP contribution in [-0.2, 0) is 0 Å². The van der Waals surface area contributed by atoms with E-state index in [0.29, 0.717) is 47.6 Å². The number of benzene rings is 1. The fourth-order valence-electron chi connectivity index (χ4n) is 1.76. The van der Waals surface area contributed by atoms with Crippen molar-refractivity contribution in [1.29, 1.82) is 0 Å². The van der Waals surface area contributed by atoms with Gasteiger partial charge in [0.2, 0.25) is 0 Å². The second kappa shape index (κ2) is 4.96. The van der Waals surface area contributed by atoms with Crippen molar-refractivity contribution in [2.24, 2.45) is 5.92 Å². The molecule has 0 amide bonds. The standard InChI is InChI=1S/C13H15ClO3/c1-8(2)5-11(15)9-6-12-13(7-10(9)14)17-4-3-16-12/h6-8H,3-5H2,1-2H3. The molecule has 2 rings (SSSR count). The molecule has 1 aromatic rings. The molecule has 0 radical (unpaired) electrons. The second-order valence-electron chi connectivity index (χ2n) is 4.50. The Morgan fingerprint density at radius 3 is 2.47 bits per heavy atom.